The number of aromatic nitrogens is 4. The molecule has 0 fully saturated rings. The third kappa shape index (κ3) is 2.30. The molecule has 1 aliphatic heterocycles. The third-order valence-electron chi connectivity index (χ3n) is 4.74. The van der Waals surface area contributed by atoms with Crippen LogP contribution >= 0.6 is 15.9 Å². The van der Waals surface area contributed by atoms with Crippen molar-refractivity contribution < 1.29 is 0 Å². The lowest BCUT2D eigenvalue weighted by atomic mass is 9.97. The molecule has 1 aliphatic rings. The van der Waals surface area contributed by atoms with Crippen LogP contribution in [0.4, 0.5) is 0 Å². The van der Waals surface area contributed by atoms with Crippen molar-refractivity contribution in [1.29, 1.82) is 0 Å². The molecule has 122 valence electrons. The number of para-hydroxylation sites is 1. The monoisotopic (exact) mass is 390 g/mol. The largest absolute Gasteiger partial charge is 0.268 e. The van der Waals surface area contributed by atoms with Crippen molar-refractivity contribution in [1.82, 2.24) is 19.7 Å². The minimum Gasteiger partial charge on any atom is -0.268 e. The molecule has 25 heavy (non-hydrogen) atoms. The smallest absolute Gasteiger partial charge is 0.119 e. The first-order valence-electron chi connectivity index (χ1n) is 8.37. The van der Waals surface area contributed by atoms with Gasteiger partial charge in [0.15, 0.2) is 0 Å². The average molecular weight is 391 g/mol. The quantitative estimate of drug-likeness (QED) is 0.490. The maximum atomic E-state index is 4.89. The summed E-state index contributed by atoms with van der Waals surface area (Å²) in [6.45, 7) is 0.974. The molecule has 0 amide bonds. The van der Waals surface area contributed by atoms with E-state index in [2.05, 4.69) is 48.8 Å². The average Bonchev–Trinajstić information content (AvgIpc) is 3.24. The summed E-state index contributed by atoms with van der Waals surface area (Å²) in [6, 6.07) is 14.3. The zero-order chi connectivity index (χ0) is 16.8. The molecule has 3 aromatic heterocycles. The van der Waals surface area contributed by atoms with Gasteiger partial charge in [0.2, 0.25) is 0 Å². The zero-order valence-corrected chi connectivity index (χ0v) is 15.1. The molecule has 0 radical (unpaired) electrons. The molecule has 0 aliphatic carbocycles. The van der Waals surface area contributed by atoms with E-state index in [1.165, 1.54) is 16.8 Å². The number of rotatable bonds is 2. The van der Waals surface area contributed by atoms with E-state index in [4.69, 9.17) is 5.10 Å². The highest BCUT2D eigenvalue weighted by molar-refractivity contribution is 9.10. The number of nitrogens with zero attached hydrogens (tertiary/aromatic N) is 4. The van der Waals surface area contributed by atoms with E-state index >= 15 is 0 Å². The molecule has 1 aromatic carbocycles. The number of pyridine rings is 2. The van der Waals surface area contributed by atoms with Gasteiger partial charge < -0.3 is 0 Å². The van der Waals surface area contributed by atoms with Crippen LogP contribution in [0, 0.1) is 0 Å². The van der Waals surface area contributed by atoms with Gasteiger partial charge in [0.1, 0.15) is 5.69 Å². The van der Waals surface area contributed by atoms with Gasteiger partial charge in [-0.25, -0.2) is 0 Å². The predicted octanol–water partition coefficient (Wildman–Crippen LogP) is 4.87. The van der Waals surface area contributed by atoms with Crippen LogP contribution in [0.15, 0.2) is 59.3 Å². The van der Waals surface area contributed by atoms with Crippen molar-refractivity contribution in [3.8, 4) is 22.5 Å². The van der Waals surface area contributed by atoms with Crippen LogP contribution < -0.4 is 0 Å². The van der Waals surface area contributed by atoms with Crippen LogP contribution in [0.3, 0.4) is 0 Å². The van der Waals surface area contributed by atoms with Gasteiger partial charge in [-0.3, -0.25) is 14.6 Å². The summed E-state index contributed by atoms with van der Waals surface area (Å²) in [5.74, 6) is 0. The van der Waals surface area contributed by atoms with Gasteiger partial charge in [0, 0.05) is 40.1 Å². The number of benzene rings is 1. The van der Waals surface area contributed by atoms with Crippen molar-refractivity contribution in [2.45, 2.75) is 19.4 Å². The summed E-state index contributed by atoms with van der Waals surface area (Å²) in [4.78, 5) is 9.10. The van der Waals surface area contributed by atoms with Gasteiger partial charge >= 0.3 is 0 Å². The zero-order valence-electron chi connectivity index (χ0n) is 13.5. The van der Waals surface area contributed by atoms with Crippen molar-refractivity contribution >= 4 is 26.8 Å². The molecule has 0 bridgehead atoms. The van der Waals surface area contributed by atoms with Crippen molar-refractivity contribution in [2.24, 2.45) is 0 Å². The number of hydrogen-bond donors (Lipinski definition) is 0. The van der Waals surface area contributed by atoms with Crippen LogP contribution in [-0.2, 0) is 13.0 Å². The minimum atomic E-state index is 0.916. The highest BCUT2D eigenvalue weighted by Crippen LogP contribution is 2.40. The van der Waals surface area contributed by atoms with Gasteiger partial charge in [0.05, 0.1) is 11.2 Å². The summed E-state index contributed by atoms with van der Waals surface area (Å²) >= 11 is 3.62. The highest BCUT2D eigenvalue weighted by atomic mass is 79.9. The van der Waals surface area contributed by atoms with E-state index < -0.39 is 0 Å². The maximum absolute atomic E-state index is 4.89. The van der Waals surface area contributed by atoms with E-state index in [0.29, 0.717) is 0 Å². The predicted molar refractivity (Wildman–Crippen MR) is 102 cm³/mol. The van der Waals surface area contributed by atoms with Crippen LogP contribution in [-0.4, -0.2) is 19.7 Å². The summed E-state index contributed by atoms with van der Waals surface area (Å²) in [6.07, 6.45) is 5.89. The fourth-order valence-electron chi connectivity index (χ4n) is 3.66. The number of hydrogen-bond acceptors (Lipinski definition) is 3. The Morgan fingerprint density at radius 3 is 2.80 bits per heavy atom. The number of aryl methyl sites for hydroxylation is 1. The van der Waals surface area contributed by atoms with Gasteiger partial charge in [-0.15, -0.1) is 0 Å². The van der Waals surface area contributed by atoms with Crippen LogP contribution in [0.1, 0.15) is 12.1 Å². The fraction of sp³-hybridized carbons (Fsp3) is 0.150. The second-order valence-electron chi connectivity index (χ2n) is 6.21. The van der Waals surface area contributed by atoms with Gasteiger partial charge in [0.25, 0.3) is 0 Å². The summed E-state index contributed by atoms with van der Waals surface area (Å²) in [7, 11) is 0. The van der Waals surface area contributed by atoms with Crippen LogP contribution in [0.5, 0.6) is 0 Å². The second kappa shape index (κ2) is 5.77. The second-order valence-corrected chi connectivity index (χ2v) is 7.06. The Kier molecular flexibility index (Phi) is 3.41. The molecule has 0 saturated carbocycles. The first-order valence-corrected chi connectivity index (χ1v) is 9.17. The van der Waals surface area contributed by atoms with Gasteiger partial charge in [-0.05, 0) is 58.6 Å². The molecular formula is C20H15BrN4. The molecule has 0 N–H and O–H groups in total. The molecule has 0 unspecified atom stereocenters. The normalized spacial score (nSPS) is 13.3. The van der Waals surface area contributed by atoms with Crippen molar-refractivity contribution in [3.63, 3.8) is 0 Å². The Labute approximate surface area is 153 Å². The molecule has 0 spiro atoms. The van der Waals surface area contributed by atoms with E-state index in [1.54, 1.807) is 0 Å². The van der Waals surface area contributed by atoms with E-state index in [1.807, 2.05) is 36.7 Å². The number of fused-ring (bicyclic) bond motifs is 2. The summed E-state index contributed by atoms with van der Waals surface area (Å²) in [5, 5.41) is 6.02. The molecule has 4 aromatic rings. The maximum Gasteiger partial charge on any atom is 0.119 e. The Balaban J connectivity index is 1.85. The Bertz CT molecular complexity index is 1090. The van der Waals surface area contributed by atoms with E-state index in [0.717, 1.165) is 46.1 Å². The lowest BCUT2D eigenvalue weighted by Crippen LogP contribution is -1.94. The van der Waals surface area contributed by atoms with Crippen molar-refractivity contribution in [3.05, 3.63) is 65.0 Å². The first kappa shape index (κ1) is 14.8. The van der Waals surface area contributed by atoms with Crippen LogP contribution in [0.2, 0.25) is 0 Å². The van der Waals surface area contributed by atoms with Crippen LogP contribution in [0.25, 0.3) is 33.4 Å². The van der Waals surface area contributed by atoms with E-state index in [9.17, 15) is 0 Å². The van der Waals surface area contributed by atoms with Crippen molar-refractivity contribution in [2.75, 3.05) is 0 Å². The highest BCUT2D eigenvalue weighted by Gasteiger charge is 2.25. The molecule has 4 heterocycles. The molecular weight excluding hydrogens is 376 g/mol. The lowest BCUT2D eigenvalue weighted by Gasteiger charge is -2.09. The van der Waals surface area contributed by atoms with Gasteiger partial charge in [-0.2, -0.15) is 5.10 Å². The standard InChI is InChI=1S/C20H15BrN4/c21-15-6-3-5-14-13(9-11-23-19(14)15)18-17-8-4-12-25(17)24-20(18)16-7-1-2-10-22-16/h1-3,5-7,9-11H,4,8,12H2. The Morgan fingerprint density at radius 1 is 0.960 bits per heavy atom. The Morgan fingerprint density at radius 2 is 1.92 bits per heavy atom. The molecule has 5 rings (SSSR count). The Hall–Kier alpha value is -2.53. The first-order chi connectivity index (χ1) is 12.3. The SMILES string of the molecule is Brc1cccc2c(-c3c(-c4ccccn4)nn4c3CCC4)ccnc12. The topological polar surface area (TPSA) is 43.6 Å². The number of halogens is 1. The van der Waals surface area contributed by atoms with Gasteiger partial charge in [-0.1, -0.05) is 18.2 Å². The fourth-order valence-corrected chi connectivity index (χ4v) is 4.12. The molecule has 5 heteroatoms. The summed E-state index contributed by atoms with van der Waals surface area (Å²) in [5.41, 5.74) is 6.52. The molecule has 4 nitrogen and oxygen atoms in total. The summed E-state index contributed by atoms with van der Waals surface area (Å²) < 4.78 is 3.15. The minimum absolute atomic E-state index is 0.916. The molecule has 0 saturated heterocycles. The van der Waals surface area contributed by atoms with E-state index in [-0.39, 0.29) is 0 Å². The lowest BCUT2D eigenvalue weighted by molar-refractivity contribution is 0.658. The molecule has 0 atom stereocenters. The third-order valence-corrected chi connectivity index (χ3v) is 5.38.